The first-order valence-corrected chi connectivity index (χ1v) is 10.1. The van der Waals surface area contributed by atoms with Crippen molar-refractivity contribution in [1.29, 1.82) is 0 Å². The maximum absolute atomic E-state index is 12.0. The van der Waals surface area contributed by atoms with E-state index in [1.807, 2.05) is 30.3 Å². The Bertz CT molecular complexity index is 547. The lowest BCUT2D eigenvalue weighted by molar-refractivity contribution is 0.0440. The van der Waals surface area contributed by atoms with Gasteiger partial charge in [0.2, 0.25) is 0 Å². The highest BCUT2D eigenvalue weighted by Crippen LogP contribution is 2.12. The summed E-state index contributed by atoms with van der Waals surface area (Å²) in [7, 11) is -2.12. The molecule has 0 saturated heterocycles. The van der Waals surface area contributed by atoms with Crippen molar-refractivity contribution >= 4 is 16.0 Å². The SMILES string of the molecule is CC(C)(C)OC(=O)N[C@@H](Cc1ccccc1)C(O)C[S+](C)(C)=O. The van der Waals surface area contributed by atoms with E-state index in [-0.39, 0.29) is 5.75 Å². The van der Waals surface area contributed by atoms with Crippen molar-refractivity contribution in [3.8, 4) is 0 Å². The molecule has 0 bridgehead atoms. The zero-order valence-electron chi connectivity index (χ0n) is 14.5. The Labute approximate surface area is 139 Å². The first kappa shape index (κ1) is 19.6. The highest BCUT2D eigenvalue weighted by atomic mass is 32.2. The van der Waals surface area contributed by atoms with Crippen molar-refractivity contribution in [3.63, 3.8) is 0 Å². The van der Waals surface area contributed by atoms with E-state index in [0.717, 1.165) is 5.56 Å². The summed E-state index contributed by atoms with van der Waals surface area (Å²) >= 11 is 0. The fourth-order valence-electron chi connectivity index (χ4n) is 2.14. The van der Waals surface area contributed by atoms with Gasteiger partial charge in [-0.3, -0.25) is 0 Å². The molecule has 1 unspecified atom stereocenters. The lowest BCUT2D eigenvalue weighted by atomic mass is 10.0. The molecule has 1 amide bonds. The first-order valence-electron chi connectivity index (χ1n) is 7.60. The summed E-state index contributed by atoms with van der Waals surface area (Å²) in [5, 5.41) is 13.1. The van der Waals surface area contributed by atoms with Crippen LogP contribution >= 0.6 is 0 Å². The predicted molar refractivity (Wildman–Crippen MR) is 94.1 cm³/mol. The molecule has 0 saturated carbocycles. The number of rotatable bonds is 6. The molecule has 0 spiro atoms. The highest BCUT2D eigenvalue weighted by Gasteiger charge is 2.30. The van der Waals surface area contributed by atoms with Gasteiger partial charge in [-0.05, 0) is 32.8 Å². The van der Waals surface area contributed by atoms with Gasteiger partial charge < -0.3 is 15.2 Å². The number of alkyl carbamates (subject to hydrolysis) is 1. The Morgan fingerprint density at radius 3 is 2.30 bits per heavy atom. The van der Waals surface area contributed by atoms with Crippen LogP contribution in [0.2, 0.25) is 0 Å². The fraction of sp³-hybridized carbons (Fsp3) is 0.588. The molecule has 1 rings (SSSR count). The number of aliphatic hydroxyl groups excluding tert-OH is 1. The minimum atomic E-state index is -2.12. The molecular formula is C17H28NO4S+. The smallest absolute Gasteiger partial charge is 0.407 e. The van der Waals surface area contributed by atoms with Crippen LogP contribution in [-0.4, -0.2) is 47.2 Å². The lowest BCUT2D eigenvalue weighted by Crippen LogP contribution is -2.49. The highest BCUT2D eigenvalue weighted by molar-refractivity contribution is 8.01. The molecule has 130 valence electrons. The second kappa shape index (κ2) is 7.93. The minimum Gasteiger partial charge on any atom is -0.444 e. The average molecular weight is 342 g/mol. The second-order valence-corrected chi connectivity index (χ2v) is 10.3. The largest absolute Gasteiger partial charge is 0.444 e. The number of amides is 1. The molecule has 1 aromatic rings. The van der Waals surface area contributed by atoms with Crippen LogP contribution in [0, 0.1) is 0 Å². The number of nitrogens with one attached hydrogen (secondary N) is 1. The van der Waals surface area contributed by atoms with Crippen LogP contribution in [-0.2, 0) is 25.3 Å². The van der Waals surface area contributed by atoms with Gasteiger partial charge in [0.25, 0.3) is 0 Å². The summed E-state index contributed by atoms with van der Waals surface area (Å²) in [5.41, 5.74) is 0.362. The summed E-state index contributed by atoms with van der Waals surface area (Å²) in [5.74, 6) is 0.125. The Morgan fingerprint density at radius 2 is 1.83 bits per heavy atom. The van der Waals surface area contributed by atoms with Gasteiger partial charge in [0.1, 0.15) is 30.0 Å². The molecule has 0 aliphatic rings. The molecule has 5 nitrogen and oxygen atoms in total. The zero-order valence-corrected chi connectivity index (χ0v) is 15.4. The molecule has 1 aromatic carbocycles. The molecule has 0 heterocycles. The van der Waals surface area contributed by atoms with Crippen molar-refractivity contribution < 1.29 is 18.8 Å². The zero-order chi connectivity index (χ0) is 17.7. The van der Waals surface area contributed by atoms with Crippen LogP contribution < -0.4 is 5.32 Å². The van der Waals surface area contributed by atoms with E-state index in [9.17, 15) is 14.1 Å². The van der Waals surface area contributed by atoms with Crippen LogP contribution in [0.1, 0.15) is 26.3 Å². The Hall–Kier alpha value is -1.40. The molecule has 0 radical (unpaired) electrons. The summed E-state index contributed by atoms with van der Waals surface area (Å²) < 4.78 is 17.2. The third kappa shape index (κ3) is 8.71. The number of hydrogen-bond acceptors (Lipinski definition) is 4. The Kier molecular flexibility index (Phi) is 6.77. The maximum atomic E-state index is 12.0. The molecular weight excluding hydrogens is 314 g/mol. The normalized spacial score (nSPS) is 14.9. The molecule has 2 atom stereocenters. The van der Waals surface area contributed by atoms with Crippen LogP contribution in [0.3, 0.4) is 0 Å². The fourth-order valence-corrected chi connectivity index (χ4v) is 3.19. The van der Waals surface area contributed by atoms with Crippen molar-refractivity contribution in [2.75, 3.05) is 18.3 Å². The van der Waals surface area contributed by atoms with E-state index in [0.29, 0.717) is 6.42 Å². The van der Waals surface area contributed by atoms with E-state index in [1.54, 1.807) is 33.3 Å². The third-order valence-electron chi connectivity index (χ3n) is 3.04. The average Bonchev–Trinajstić information content (AvgIpc) is 2.34. The van der Waals surface area contributed by atoms with Crippen LogP contribution in [0.4, 0.5) is 4.79 Å². The van der Waals surface area contributed by atoms with Crippen LogP contribution in [0.5, 0.6) is 0 Å². The number of benzene rings is 1. The van der Waals surface area contributed by atoms with Gasteiger partial charge in [0, 0.05) is 0 Å². The lowest BCUT2D eigenvalue weighted by Gasteiger charge is -2.26. The molecule has 2 N–H and O–H groups in total. The van der Waals surface area contributed by atoms with Gasteiger partial charge in [-0.2, -0.15) is 0 Å². The van der Waals surface area contributed by atoms with Gasteiger partial charge >= 0.3 is 6.09 Å². The number of carbonyl (C=O) groups excluding carboxylic acids is 1. The van der Waals surface area contributed by atoms with Gasteiger partial charge in [0.05, 0.1) is 16.0 Å². The Balaban J connectivity index is 2.83. The van der Waals surface area contributed by atoms with Gasteiger partial charge in [-0.15, -0.1) is 4.21 Å². The topological polar surface area (TPSA) is 75.6 Å². The Morgan fingerprint density at radius 1 is 1.26 bits per heavy atom. The summed E-state index contributed by atoms with van der Waals surface area (Å²) in [6.07, 6.45) is 2.14. The first-order chi connectivity index (χ1) is 10.5. The quantitative estimate of drug-likeness (QED) is 0.778. The number of ether oxygens (including phenoxy) is 1. The molecule has 0 aromatic heterocycles. The van der Waals surface area contributed by atoms with E-state index >= 15 is 0 Å². The standard InChI is InChI=1S/C17H27NO4S/c1-17(2,3)22-16(20)18-14(15(19)12-23(4,5)21)11-13-9-7-6-8-10-13/h6-10,14-15,19H,11-12H2,1-5H3/p+1/t14-,15?/m0/s1. The monoisotopic (exact) mass is 342 g/mol. The number of hydrogen-bond donors (Lipinski definition) is 2. The van der Waals surface area contributed by atoms with Crippen LogP contribution in [0.25, 0.3) is 0 Å². The van der Waals surface area contributed by atoms with Gasteiger partial charge in [0.15, 0.2) is 0 Å². The van der Waals surface area contributed by atoms with Crippen LogP contribution in [0.15, 0.2) is 30.3 Å². The van der Waals surface area contributed by atoms with E-state index in [2.05, 4.69) is 5.32 Å². The maximum Gasteiger partial charge on any atom is 0.407 e. The number of aliphatic hydroxyl groups is 1. The van der Waals surface area contributed by atoms with Gasteiger partial charge in [-0.1, -0.05) is 30.3 Å². The van der Waals surface area contributed by atoms with Crippen molar-refractivity contribution in [3.05, 3.63) is 35.9 Å². The molecule has 23 heavy (non-hydrogen) atoms. The van der Waals surface area contributed by atoms with Crippen molar-refractivity contribution in [2.45, 2.75) is 44.9 Å². The summed E-state index contributed by atoms with van der Waals surface area (Å²) in [4.78, 5) is 12.0. The third-order valence-corrected chi connectivity index (χ3v) is 4.18. The van der Waals surface area contributed by atoms with Gasteiger partial charge in [-0.25, -0.2) is 4.79 Å². The minimum absolute atomic E-state index is 0.125. The van der Waals surface area contributed by atoms with Crippen molar-refractivity contribution in [1.82, 2.24) is 5.32 Å². The summed E-state index contributed by atoms with van der Waals surface area (Å²) in [6, 6.07) is 8.98. The molecule has 0 aliphatic carbocycles. The van der Waals surface area contributed by atoms with E-state index in [4.69, 9.17) is 4.74 Å². The molecule has 0 aliphatic heterocycles. The van der Waals surface area contributed by atoms with E-state index < -0.39 is 33.8 Å². The molecule has 0 fully saturated rings. The van der Waals surface area contributed by atoms with E-state index in [1.165, 1.54) is 0 Å². The number of carbonyl (C=O) groups is 1. The van der Waals surface area contributed by atoms with Crippen molar-refractivity contribution in [2.24, 2.45) is 0 Å². The second-order valence-electron chi connectivity index (χ2n) is 7.11. The summed E-state index contributed by atoms with van der Waals surface area (Å²) in [6.45, 7) is 5.33. The predicted octanol–water partition coefficient (Wildman–Crippen LogP) is 2.24. The molecule has 6 heteroatoms.